The molecule has 1 N–H and O–H groups in total. The van der Waals surface area contributed by atoms with Gasteiger partial charge in [-0.3, -0.25) is 9.63 Å². The summed E-state index contributed by atoms with van der Waals surface area (Å²) in [4.78, 5) is 21.5. The fraction of sp³-hybridized carbons (Fsp3) is 0.316. The second-order valence-electron chi connectivity index (χ2n) is 6.67. The molecule has 10 nitrogen and oxygen atoms in total. The molecule has 0 spiro atoms. The average molecular weight is 433 g/mol. The van der Waals surface area contributed by atoms with Crippen molar-refractivity contribution in [1.29, 1.82) is 0 Å². The zero-order valence-corrected chi connectivity index (χ0v) is 18.1. The molecule has 2 heterocycles. The number of rotatable bonds is 7. The van der Waals surface area contributed by atoms with E-state index in [0.29, 0.717) is 17.2 Å². The third-order valence-corrected chi connectivity index (χ3v) is 6.15. The van der Waals surface area contributed by atoms with Gasteiger partial charge in [-0.25, -0.2) is 18.1 Å². The molecule has 0 atom stereocenters. The molecule has 11 heteroatoms. The normalized spacial score (nSPS) is 11.8. The number of fused-ring (bicyclic) bond motifs is 1. The van der Waals surface area contributed by atoms with Crippen molar-refractivity contribution in [2.24, 2.45) is 7.05 Å². The van der Waals surface area contributed by atoms with Crippen molar-refractivity contribution in [2.45, 2.75) is 18.7 Å². The van der Waals surface area contributed by atoms with Gasteiger partial charge >= 0.3 is 0 Å². The van der Waals surface area contributed by atoms with E-state index in [1.54, 1.807) is 11.7 Å². The first-order valence-electron chi connectivity index (χ1n) is 9.00. The van der Waals surface area contributed by atoms with Crippen LogP contribution in [0.15, 0.2) is 35.2 Å². The highest BCUT2D eigenvalue weighted by Gasteiger charge is 2.20. The largest absolute Gasteiger partial charge is 0.466 e. The van der Waals surface area contributed by atoms with Crippen molar-refractivity contribution in [3.8, 4) is 5.88 Å². The minimum absolute atomic E-state index is 0.0410. The molecule has 0 fully saturated rings. The SMILES string of the molecule is CON(C)S(=O)(=O)c1ccc(NC(=O)COc2nn(C)c3nc(C)cc(C)c23)cc1. The van der Waals surface area contributed by atoms with E-state index in [-0.39, 0.29) is 11.5 Å². The number of sulfonamides is 1. The second-order valence-corrected chi connectivity index (χ2v) is 8.60. The molecular weight excluding hydrogens is 410 g/mol. The molecule has 3 rings (SSSR count). The summed E-state index contributed by atoms with van der Waals surface area (Å²) in [6.07, 6.45) is 0. The Morgan fingerprint density at radius 3 is 2.53 bits per heavy atom. The molecule has 0 saturated heterocycles. The summed E-state index contributed by atoms with van der Waals surface area (Å²) in [7, 11) is 0.566. The molecule has 0 aliphatic rings. The lowest BCUT2D eigenvalue weighted by molar-refractivity contribution is -0.118. The number of aryl methyl sites for hydroxylation is 3. The van der Waals surface area contributed by atoms with Gasteiger partial charge in [0.1, 0.15) is 0 Å². The first-order chi connectivity index (χ1) is 14.1. The number of aromatic nitrogens is 3. The number of hydroxylamine groups is 1. The lowest BCUT2D eigenvalue weighted by atomic mass is 10.2. The number of hydrogen-bond acceptors (Lipinski definition) is 7. The summed E-state index contributed by atoms with van der Waals surface area (Å²) in [6.45, 7) is 3.57. The minimum Gasteiger partial charge on any atom is -0.466 e. The third-order valence-electron chi connectivity index (χ3n) is 4.46. The van der Waals surface area contributed by atoms with E-state index in [1.165, 1.54) is 38.4 Å². The highest BCUT2D eigenvalue weighted by molar-refractivity contribution is 7.89. The number of carbonyl (C=O) groups excluding carboxylic acids is 1. The molecule has 30 heavy (non-hydrogen) atoms. The fourth-order valence-corrected chi connectivity index (χ4v) is 3.91. The van der Waals surface area contributed by atoms with Crippen molar-refractivity contribution >= 4 is 32.7 Å². The van der Waals surface area contributed by atoms with Crippen molar-refractivity contribution < 1.29 is 22.8 Å². The maximum absolute atomic E-state index is 12.3. The second kappa shape index (κ2) is 8.38. The molecule has 0 bridgehead atoms. The van der Waals surface area contributed by atoms with Crippen molar-refractivity contribution in [3.05, 3.63) is 41.6 Å². The number of anilines is 1. The van der Waals surface area contributed by atoms with Gasteiger partial charge in [-0.1, -0.05) is 4.47 Å². The molecule has 3 aromatic rings. The summed E-state index contributed by atoms with van der Waals surface area (Å²) >= 11 is 0. The van der Waals surface area contributed by atoms with Crippen LogP contribution in [-0.2, 0) is 26.7 Å². The first-order valence-corrected chi connectivity index (χ1v) is 10.4. The first kappa shape index (κ1) is 21.7. The van der Waals surface area contributed by atoms with Crippen LogP contribution in [0, 0.1) is 13.8 Å². The molecule has 0 saturated carbocycles. The number of amides is 1. The molecule has 0 aliphatic carbocycles. The van der Waals surface area contributed by atoms with Crippen molar-refractivity contribution in [1.82, 2.24) is 19.2 Å². The Kier molecular flexibility index (Phi) is 6.06. The van der Waals surface area contributed by atoms with Gasteiger partial charge in [0.15, 0.2) is 12.3 Å². The number of benzene rings is 1. The predicted molar refractivity (Wildman–Crippen MR) is 111 cm³/mol. The van der Waals surface area contributed by atoms with Crippen molar-refractivity contribution in [3.63, 3.8) is 0 Å². The molecule has 0 radical (unpaired) electrons. The molecule has 160 valence electrons. The standard InChI is InChI=1S/C19H23N5O5S/c1-12-10-13(2)20-18-17(12)19(22-23(18)3)29-11-16(25)21-14-6-8-15(9-7-14)30(26,27)24(4)28-5/h6-10H,11H2,1-5H3,(H,21,25). The summed E-state index contributed by atoms with van der Waals surface area (Å²) < 4.78 is 32.4. The molecule has 1 aromatic carbocycles. The fourth-order valence-electron chi connectivity index (χ4n) is 2.94. The highest BCUT2D eigenvalue weighted by Crippen LogP contribution is 2.27. The molecule has 0 unspecified atom stereocenters. The molecule has 1 amide bonds. The van der Waals surface area contributed by atoms with E-state index in [0.717, 1.165) is 21.1 Å². The molecule has 0 aliphatic heterocycles. The van der Waals surface area contributed by atoms with E-state index in [9.17, 15) is 13.2 Å². The quantitative estimate of drug-likeness (QED) is 0.565. The Hall–Kier alpha value is -3.02. The van der Waals surface area contributed by atoms with E-state index in [4.69, 9.17) is 9.57 Å². The lowest BCUT2D eigenvalue weighted by Crippen LogP contribution is -2.25. The van der Waals surface area contributed by atoms with Crippen LogP contribution in [-0.4, -0.2) is 54.3 Å². The van der Waals surface area contributed by atoms with Crippen LogP contribution in [0.5, 0.6) is 5.88 Å². The Bertz CT molecular complexity index is 1190. The Labute approximate surface area is 174 Å². The predicted octanol–water partition coefficient (Wildman–Crippen LogP) is 1.78. The van der Waals surface area contributed by atoms with Crippen LogP contribution < -0.4 is 10.1 Å². The number of nitrogens with one attached hydrogen (secondary N) is 1. The third kappa shape index (κ3) is 4.27. The zero-order valence-electron chi connectivity index (χ0n) is 17.3. The van der Waals surface area contributed by atoms with Crippen LogP contribution in [0.3, 0.4) is 0 Å². The van der Waals surface area contributed by atoms with Gasteiger partial charge in [-0.05, 0) is 49.7 Å². The Morgan fingerprint density at radius 2 is 1.90 bits per heavy atom. The van der Waals surface area contributed by atoms with Gasteiger partial charge < -0.3 is 10.1 Å². The number of hydrogen-bond donors (Lipinski definition) is 1. The summed E-state index contributed by atoms with van der Waals surface area (Å²) in [5.41, 5.74) is 2.94. The van der Waals surface area contributed by atoms with Crippen LogP contribution in [0.2, 0.25) is 0 Å². The topological polar surface area (TPSA) is 116 Å². The zero-order chi connectivity index (χ0) is 22.1. The van der Waals surface area contributed by atoms with Crippen LogP contribution in [0.4, 0.5) is 5.69 Å². The van der Waals surface area contributed by atoms with E-state index >= 15 is 0 Å². The van der Waals surface area contributed by atoms with Crippen LogP contribution in [0.1, 0.15) is 11.3 Å². The maximum Gasteiger partial charge on any atom is 0.264 e. The van der Waals surface area contributed by atoms with Gasteiger partial charge in [0.05, 0.1) is 17.4 Å². The number of pyridine rings is 1. The van der Waals surface area contributed by atoms with Crippen molar-refractivity contribution in [2.75, 3.05) is 26.1 Å². The summed E-state index contributed by atoms with van der Waals surface area (Å²) in [6, 6.07) is 7.66. The highest BCUT2D eigenvalue weighted by atomic mass is 32.2. The van der Waals surface area contributed by atoms with Gasteiger partial charge in [0, 0.05) is 25.5 Å². The van der Waals surface area contributed by atoms with Gasteiger partial charge in [-0.2, -0.15) is 0 Å². The van der Waals surface area contributed by atoms with Gasteiger partial charge in [0.25, 0.3) is 15.9 Å². The summed E-state index contributed by atoms with van der Waals surface area (Å²) in [5.74, 6) is -0.0761. The molecule has 2 aromatic heterocycles. The maximum atomic E-state index is 12.3. The van der Waals surface area contributed by atoms with Crippen LogP contribution in [0.25, 0.3) is 11.0 Å². The smallest absolute Gasteiger partial charge is 0.264 e. The van der Waals surface area contributed by atoms with Gasteiger partial charge in [0.2, 0.25) is 5.88 Å². The summed E-state index contributed by atoms with van der Waals surface area (Å²) in [5, 5.41) is 7.72. The van der Waals surface area contributed by atoms with Crippen LogP contribution >= 0.6 is 0 Å². The Balaban J connectivity index is 1.68. The minimum atomic E-state index is -3.75. The number of carbonyl (C=O) groups is 1. The van der Waals surface area contributed by atoms with E-state index < -0.39 is 15.9 Å². The average Bonchev–Trinajstić information content (AvgIpc) is 3.02. The molecular formula is C19H23N5O5S. The van der Waals surface area contributed by atoms with E-state index in [1.807, 2.05) is 19.9 Å². The van der Waals surface area contributed by atoms with Gasteiger partial charge in [-0.15, -0.1) is 5.10 Å². The Morgan fingerprint density at radius 1 is 1.23 bits per heavy atom. The number of ether oxygens (including phenoxy) is 1. The monoisotopic (exact) mass is 433 g/mol. The van der Waals surface area contributed by atoms with E-state index in [2.05, 4.69) is 15.4 Å². The lowest BCUT2D eigenvalue weighted by Gasteiger charge is -2.14. The number of nitrogens with zero attached hydrogens (tertiary/aromatic N) is 4.